The molecule has 0 saturated heterocycles. The van der Waals surface area contributed by atoms with E-state index in [1.54, 1.807) is 7.11 Å². The van der Waals surface area contributed by atoms with Gasteiger partial charge in [-0.05, 0) is 18.6 Å². The number of rotatable bonds is 1. The highest BCUT2D eigenvalue weighted by Crippen LogP contribution is 2.41. The van der Waals surface area contributed by atoms with Crippen molar-refractivity contribution in [2.45, 2.75) is 26.2 Å². The van der Waals surface area contributed by atoms with Gasteiger partial charge in [0.1, 0.15) is 5.75 Å². The van der Waals surface area contributed by atoms with E-state index in [1.165, 1.54) is 11.3 Å². The number of hydrogen-bond donors (Lipinski definition) is 0. The van der Waals surface area contributed by atoms with Crippen LogP contribution in [-0.4, -0.2) is 12.8 Å². The topological polar surface area (TPSA) is 21.6 Å². The Morgan fingerprint density at radius 3 is 2.64 bits per heavy atom. The van der Waals surface area contributed by atoms with Crippen molar-refractivity contribution >= 4 is 11.4 Å². The van der Waals surface area contributed by atoms with E-state index in [1.807, 2.05) is 12.1 Å². The van der Waals surface area contributed by atoms with Crippen molar-refractivity contribution in [1.82, 2.24) is 0 Å². The average Bonchev–Trinajstić information content (AvgIpc) is 2.38. The molecule has 2 nitrogen and oxygen atoms in total. The van der Waals surface area contributed by atoms with Crippen molar-refractivity contribution in [3.63, 3.8) is 0 Å². The van der Waals surface area contributed by atoms with Crippen LogP contribution >= 0.6 is 0 Å². The number of ether oxygens (including phenoxy) is 1. The summed E-state index contributed by atoms with van der Waals surface area (Å²) in [6.07, 6.45) is 0. The second-order valence-corrected chi connectivity index (χ2v) is 4.21. The van der Waals surface area contributed by atoms with E-state index in [-0.39, 0.29) is 5.41 Å². The van der Waals surface area contributed by atoms with Gasteiger partial charge in [0.05, 0.1) is 12.8 Å². The third-order valence-electron chi connectivity index (χ3n) is 3.07. The minimum Gasteiger partial charge on any atom is -0.497 e. The van der Waals surface area contributed by atoms with Crippen LogP contribution in [0.1, 0.15) is 26.3 Å². The molecular formula is C12H15NO. The van der Waals surface area contributed by atoms with Crippen LogP contribution in [0, 0.1) is 0 Å². The van der Waals surface area contributed by atoms with Crippen molar-refractivity contribution < 1.29 is 4.74 Å². The maximum atomic E-state index is 5.17. The normalized spacial score (nSPS) is 17.6. The highest BCUT2D eigenvalue weighted by molar-refractivity contribution is 5.99. The minimum atomic E-state index is 0.0710. The summed E-state index contributed by atoms with van der Waals surface area (Å²) in [5.74, 6) is 0.873. The zero-order chi connectivity index (χ0) is 10.3. The first kappa shape index (κ1) is 9.25. The fourth-order valence-electron chi connectivity index (χ4n) is 1.77. The van der Waals surface area contributed by atoms with Gasteiger partial charge in [0.25, 0.3) is 0 Å². The molecule has 1 aromatic carbocycles. The molecule has 2 rings (SSSR count). The second kappa shape index (κ2) is 2.84. The molecule has 2 heteroatoms. The van der Waals surface area contributed by atoms with E-state index in [2.05, 4.69) is 31.8 Å². The Morgan fingerprint density at radius 2 is 2.00 bits per heavy atom. The molecule has 0 amide bonds. The summed E-state index contributed by atoms with van der Waals surface area (Å²) in [5, 5.41) is 0. The van der Waals surface area contributed by atoms with E-state index < -0.39 is 0 Å². The fourth-order valence-corrected chi connectivity index (χ4v) is 1.77. The van der Waals surface area contributed by atoms with Crippen LogP contribution in [0.2, 0.25) is 0 Å². The molecule has 0 radical (unpaired) electrons. The lowest BCUT2D eigenvalue weighted by molar-refractivity contribution is 0.415. The van der Waals surface area contributed by atoms with Crippen LogP contribution in [0.5, 0.6) is 5.75 Å². The summed E-state index contributed by atoms with van der Waals surface area (Å²) in [6.45, 7) is 6.47. The molecular weight excluding hydrogens is 174 g/mol. The summed E-state index contributed by atoms with van der Waals surface area (Å²) >= 11 is 0. The van der Waals surface area contributed by atoms with Crippen molar-refractivity contribution in [1.29, 1.82) is 0 Å². The van der Waals surface area contributed by atoms with Crippen LogP contribution in [0.3, 0.4) is 0 Å². The van der Waals surface area contributed by atoms with Gasteiger partial charge in [0.15, 0.2) is 0 Å². The highest BCUT2D eigenvalue weighted by Gasteiger charge is 2.31. The molecule has 0 bridgehead atoms. The molecule has 0 spiro atoms. The lowest BCUT2D eigenvalue weighted by atomic mass is 9.82. The van der Waals surface area contributed by atoms with Crippen LogP contribution in [-0.2, 0) is 5.41 Å². The van der Waals surface area contributed by atoms with Crippen molar-refractivity contribution in [2.75, 3.05) is 7.11 Å². The quantitative estimate of drug-likeness (QED) is 0.665. The molecule has 0 aliphatic carbocycles. The predicted molar refractivity (Wildman–Crippen MR) is 58.8 cm³/mol. The maximum absolute atomic E-state index is 5.17. The van der Waals surface area contributed by atoms with Gasteiger partial charge >= 0.3 is 0 Å². The maximum Gasteiger partial charge on any atom is 0.121 e. The zero-order valence-electron chi connectivity index (χ0n) is 9.09. The van der Waals surface area contributed by atoms with Crippen LogP contribution in [0.15, 0.2) is 23.2 Å². The molecule has 14 heavy (non-hydrogen) atoms. The molecule has 0 N–H and O–H groups in total. The lowest BCUT2D eigenvalue weighted by Gasteiger charge is -2.19. The first-order valence-electron chi connectivity index (χ1n) is 4.80. The highest BCUT2D eigenvalue weighted by atomic mass is 16.5. The fraction of sp³-hybridized carbons (Fsp3) is 0.417. The van der Waals surface area contributed by atoms with Crippen LogP contribution in [0.4, 0.5) is 5.69 Å². The monoisotopic (exact) mass is 189 g/mol. The molecule has 0 fully saturated rings. The summed E-state index contributed by atoms with van der Waals surface area (Å²) in [6, 6.07) is 6.09. The number of methoxy groups -OCH3 is 1. The molecule has 1 aromatic rings. The van der Waals surface area contributed by atoms with E-state index in [9.17, 15) is 0 Å². The van der Waals surface area contributed by atoms with Crippen LogP contribution < -0.4 is 4.74 Å². The number of fused-ring (bicyclic) bond motifs is 1. The molecule has 1 heterocycles. The van der Waals surface area contributed by atoms with Gasteiger partial charge in [-0.1, -0.05) is 19.9 Å². The Balaban J connectivity index is 2.56. The molecule has 0 saturated carbocycles. The Morgan fingerprint density at radius 1 is 1.29 bits per heavy atom. The van der Waals surface area contributed by atoms with E-state index in [0.29, 0.717) is 0 Å². The summed E-state index contributed by atoms with van der Waals surface area (Å²) in [4.78, 5) is 4.55. The van der Waals surface area contributed by atoms with Gasteiger partial charge in [-0.3, -0.25) is 4.99 Å². The summed E-state index contributed by atoms with van der Waals surface area (Å²) < 4.78 is 5.17. The summed E-state index contributed by atoms with van der Waals surface area (Å²) in [5.41, 5.74) is 3.57. The zero-order valence-corrected chi connectivity index (χ0v) is 9.09. The van der Waals surface area contributed by atoms with Gasteiger partial charge in [0.2, 0.25) is 0 Å². The lowest BCUT2D eigenvalue weighted by Crippen LogP contribution is -2.22. The Bertz CT molecular complexity index is 405. The van der Waals surface area contributed by atoms with Gasteiger partial charge in [0, 0.05) is 17.2 Å². The van der Waals surface area contributed by atoms with Gasteiger partial charge in [-0.25, -0.2) is 0 Å². The SMILES string of the molecule is COc1ccc2c(c1)N=C(C)C2(C)C. The van der Waals surface area contributed by atoms with Crippen molar-refractivity contribution in [2.24, 2.45) is 4.99 Å². The third kappa shape index (κ3) is 1.14. The number of aliphatic imine (C=N–C) groups is 1. The molecule has 0 aromatic heterocycles. The Hall–Kier alpha value is -1.31. The largest absolute Gasteiger partial charge is 0.497 e. The average molecular weight is 189 g/mol. The summed E-state index contributed by atoms with van der Waals surface area (Å²) in [7, 11) is 1.68. The Labute approximate surface area is 84.6 Å². The number of benzene rings is 1. The van der Waals surface area contributed by atoms with Gasteiger partial charge < -0.3 is 4.74 Å². The standard InChI is InChI=1S/C12H15NO/c1-8-12(2,3)10-6-5-9(14-4)7-11(10)13-8/h5-7H,1-4H3. The molecule has 1 aliphatic heterocycles. The second-order valence-electron chi connectivity index (χ2n) is 4.21. The van der Waals surface area contributed by atoms with E-state index in [0.717, 1.165) is 11.4 Å². The van der Waals surface area contributed by atoms with Crippen molar-refractivity contribution in [3.8, 4) is 5.75 Å². The predicted octanol–water partition coefficient (Wildman–Crippen LogP) is 3.08. The van der Waals surface area contributed by atoms with Crippen LogP contribution in [0.25, 0.3) is 0 Å². The first-order valence-corrected chi connectivity index (χ1v) is 4.80. The Kier molecular flexibility index (Phi) is 1.88. The number of nitrogens with zero attached hydrogens (tertiary/aromatic N) is 1. The number of hydrogen-bond acceptors (Lipinski definition) is 2. The smallest absolute Gasteiger partial charge is 0.121 e. The van der Waals surface area contributed by atoms with Gasteiger partial charge in [-0.15, -0.1) is 0 Å². The minimum absolute atomic E-state index is 0.0710. The molecule has 1 aliphatic rings. The van der Waals surface area contributed by atoms with Crippen molar-refractivity contribution in [3.05, 3.63) is 23.8 Å². The molecule has 0 unspecified atom stereocenters. The molecule has 0 atom stereocenters. The molecule has 74 valence electrons. The van der Waals surface area contributed by atoms with E-state index in [4.69, 9.17) is 4.74 Å². The van der Waals surface area contributed by atoms with E-state index >= 15 is 0 Å². The third-order valence-corrected chi connectivity index (χ3v) is 3.07. The van der Waals surface area contributed by atoms with Gasteiger partial charge in [-0.2, -0.15) is 0 Å². The first-order chi connectivity index (χ1) is 6.55.